The Bertz CT molecular complexity index is 170. The molecular formula is C5N4O6. The second-order valence-electron chi connectivity index (χ2n) is 0.365. The van der Waals surface area contributed by atoms with E-state index in [1.54, 1.807) is 0 Å². The fraction of sp³-hybridized carbons (Fsp3) is 0. The van der Waals surface area contributed by atoms with E-state index in [1.165, 1.54) is 20.0 Å². The third-order valence-electron chi connectivity index (χ3n) is 0. The molecule has 0 heterocycles. The van der Waals surface area contributed by atoms with Crippen molar-refractivity contribution in [3.05, 3.63) is 67.2 Å². The number of nitrogens with zero attached hydrogens (tertiary/aromatic N) is 4. The van der Waals surface area contributed by atoms with E-state index in [0.29, 0.717) is 0 Å². The Labute approximate surface area is 85.3 Å². The number of carbonyl (C=O) groups excluding carboxylic acids is 1. The van der Waals surface area contributed by atoms with Gasteiger partial charge in [0.05, 0.1) is 0 Å². The van der Waals surface area contributed by atoms with Crippen molar-refractivity contribution in [1.82, 2.24) is 0 Å². The van der Waals surface area contributed by atoms with Crippen LogP contribution in [0, 0.1) is 47.1 Å². The Kier molecular flexibility index (Phi) is 3430. The van der Waals surface area contributed by atoms with Crippen LogP contribution >= 0.6 is 0 Å². The molecule has 0 bridgehead atoms. The summed E-state index contributed by atoms with van der Waals surface area (Å²) in [5.74, 6) is 0. The SMILES string of the molecule is [C+2]=O.[C-]#[N+][O-].[C-]#[N+][O-].[C-]#[N+][O-].[C-]#[N+][O-].[O+2]. The van der Waals surface area contributed by atoms with Crippen molar-refractivity contribution < 1.29 is 10.3 Å². The fourth-order valence-corrected chi connectivity index (χ4v) is 0. The maximum Gasteiger partial charge on any atom is 2.00 e. The van der Waals surface area contributed by atoms with Crippen molar-refractivity contribution in [2.45, 2.75) is 0 Å². The fourth-order valence-electron chi connectivity index (χ4n) is 0. The second-order valence-corrected chi connectivity index (χ2v) is 0.365. The Hall–Kier alpha value is -3.08. The third kappa shape index (κ3) is 91.6. The van der Waals surface area contributed by atoms with E-state index in [2.05, 4.69) is 6.79 Å². The zero-order valence-electron chi connectivity index (χ0n) is 6.74. The first kappa shape index (κ1) is 40.6. The van der Waals surface area contributed by atoms with Gasteiger partial charge in [0, 0.05) is 0 Å². The summed E-state index contributed by atoms with van der Waals surface area (Å²) in [6.07, 6.45) is 0. The van der Waals surface area contributed by atoms with Gasteiger partial charge < -0.3 is 20.8 Å². The standard InChI is InChI=1S/4CNO.CO.O/c4*1-2-3;1-2;/q4*-1;2*+2. The van der Waals surface area contributed by atoms with Crippen LogP contribution in [0.15, 0.2) is 0 Å². The molecule has 0 aromatic heterocycles. The van der Waals surface area contributed by atoms with Crippen molar-refractivity contribution >= 4 is 6.79 Å². The first-order valence-electron chi connectivity index (χ1n) is 1.83. The van der Waals surface area contributed by atoms with Gasteiger partial charge in [-0.25, -0.2) is 26.3 Å². The van der Waals surface area contributed by atoms with Crippen LogP contribution in [0.25, 0.3) is 20.0 Å². The maximum atomic E-state index is 8.22. The van der Waals surface area contributed by atoms with Crippen LogP contribution in [0.2, 0.25) is 0 Å². The van der Waals surface area contributed by atoms with E-state index in [4.69, 9.17) is 51.9 Å². The molecule has 0 aliphatic rings. The molecule has 0 spiro atoms. The summed E-state index contributed by atoms with van der Waals surface area (Å²) >= 11 is 0. The van der Waals surface area contributed by atoms with Crippen molar-refractivity contribution in [3.63, 3.8) is 0 Å². The zero-order chi connectivity index (χ0) is 12.8. The molecule has 0 unspecified atom stereocenters. The number of hydrogen-bond acceptors (Lipinski definition) is 5. The average molecular weight is 212 g/mol. The largest absolute Gasteiger partial charge is 2.00 e. The first-order chi connectivity index (χ1) is 6.66. The van der Waals surface area contributed by atoms with Crippen molar-refractivity contribution in [3.8, 4) is 0 Å². The minimum Gasteiger partial charge on any atom is -0.539 e. The monoisotopic (exact) mass is 212 g/mol. The van der Waals surface area contributed by atoms with Gasteiger partial charge in [0.15, 0.2) is 0 Å². The van der Waals surface area contributed by atoms with Crippen LogP contribution in [-0.4, -0.2) is 6.79 Å². The van der Waals surface area contributed by atoms with Crippen LogP contribution in [0.1, 0.15) is 0 Å². The molecule has 0 N–H and O–H groups in total. The molecule has 0 aromatic carbocycles. The van der Waals surface area contributed by atoms with Crippen LogP contribution in [0.4, 0.5) is 0 Å². The number of hydrogen-bond donors (Lipinski definition) is 0. The molecule has 0 amide bonds. The molecule has 0 rings (SSSR count). The summed E-state index contributed by atoms with van der Waals surface area (Å²) in [7, 11) is 0. The Morgan fingerprint density at radius 1 is 0.667 bits per heavy atom. The van der Waals surface area contributed by atoms with Crippen LogP contribution in [-0.2, 0) is 10.3 Å². The normalized spacial score (nSPS) is 2.27. The molecule has 0 saturated carbocycles. The van der Waals surface area contributed by atoms with Gasteiger partial charge in [0.25, 0.3) is 0 Å². The van der Waals surface area contributed by atoms with Crippen molar-refractivity contribution in [2.75, 3.05) is 0 Å². The summed E-state index contributed by atoms with van der Waals surface area (Å²) in [6, 6.07) is 0. The molecular weight excluding hydrogens is 212 g/mol. The van der Waals surface area contributed by atoms with Gasteiger partial charge in [0.2, 0.25) is 0 Å². The Morgan fingerprint density at radius 2 is 0.667 bits per heavy atom. The quantitative estimate of drug-likeness (QED) is 0.433. The molecule has 0 aliphatic carbocycles. The summed E-state index contributed by atoms with van der Waals surface area (Å²) in [4.78, 5) is 7.50. The van der Waals surface area contributed by atoms with E-state index in [-0.39, 0.29) is 5.48 Å². The van der Waals surface area contributed by atoms with Gasteiger partial charge in [0.1, 0.15) is 0 Å². The molecule has 0 aliphatic heterocycles. The van der Waals surface area contributed by atoms with Gasteiger partial charge in [-0.3, -0.25) is 20.0 Å². The maximum absolute atomic E-state index is 8.22. The molecule has 0 aromatic rings. The van der Waals surface area contributed by atoms with E-state index in [1.807, 2.05) is 0 Å². The zero-order valence-corrected chi connectivity index (χ0v) is 6.74. The van der Waals surface area contributed by atoms with Crippen LogP contribution in [0.5, 0.6) is 0 Å². The average Bonchev–Trinajstić information content (AvgIpc) is 2.12. The Morgan fingerprint density at radius 3 is 0.667 bits per heavy atom. The summed E-state index contributed by atoms with van der Waals surface area (Å²) in [5, 5.41) is 38.9. The second kappa shape index (κ2) is 1270. The van der Waals surface area contributed by atoms with Gasteiger partial charge >= 0.3 is 17.1 Å². The molecule has 10 heteroatoms. The number of rotatable bonds is 0. The topological polar surface area (TPSA) is 155 Å². The van der Waals surface area contributed by atoms with Gasteiger partial charge in [-0.15, -0.1) is 0 Å². The summed E-state index contributed by atoms with van der Waals surface area (Å²) in [6.45, 7) is 25.6. The molecule has 0 fully saturated rings. The van der Waals surface area contributed by atoms with Crippen LogP contribution in [0.3, 0.4) is 0 Å². The predicted octanol–water partition coefficient (Wildman–Crippen LogP) is 1.10. The molecule has 0 atom stereocenters. The molecule has 0 saturated heterocycles. The van der Waals surface area contributed by atoms with E-state index in [0.717, 1.165) is 0 Å². The van der Waals surface area contributed by atoms with E-state index >= 15 is 0 Å². The van der Waals surface area contributed by atoms with Crippen molar-refractivity contribution in [1.29, 1.82) is 0 Å². The minimum absolute atomic E-state index is 0. The van der Waals surface area contributed by atoms with Crippen molar-refractivity contribution in [2.24, 2.45) is 0 Å². The summed E-state index contributed by atoms with van der Waals surface area (Å²) < 4.78 is 0. The predicted molar refractivity (Wildman–Crippen MR) is 46.3 cm³/mol. The molecule has 15 heavy (non-hydrogen) atoms. The van der Waals surface area contributed by atoms with E-state index < -0.39 is 0 Å². The first-order valence-corrected chi connectivity index (χ1v) is 1.83. The minimum atomic E-state index is 0. The van der Waals surface area contributed by atoms with Gasteiger partial charge in [-0.1, -0.05) is 0 Å². The molecule has 4 radical (unpaired) electrons. The Balaban J connectivity index is -0.0000000167. The molecule has 10 nitrogen and oxygen atoms in total. The van der Waals surface area contributed by atoms with E-state index in [9.17, 15) is 0 Å². The van der Waals surface area contributed by atoms with Gasteiger partial charge in [-0.2, -0.15) is 0 Å². The van der Waals surface area contributed by atoms with Gasteiger partial charge in [-0.05, 0) is 0 Å². The smallest absolute Gasteiger partial charge is 0.539 e. The van der Waals surface area contributed by atoms with Crippen LogP contribution < -0.4 is 0 Å². The third-order valence-corrected chi connectivity index (χ3v) is 0. The summed E-state index contributed by atoms with van der Waals surface area (Å²) in [5.41, 5.74) is 0. The molecule has 76 valence electrons.